The number of nitrogens with zero attached hydrogens (tertiary/aromatic N) is 3. The van der Waals surface area contributed by atoms with Crippen LogP contribution in [-0.2, 0) is 35.9 Å². The van der Waals surface area contributed by atoms with Gasteiger partial charge in [0, 0.05) is 45.4 Å². The number of nitrogens with one attached hydrogen (secondary N) is 4. The summed E-state index contributed by atoms with van der Waals surface area (Å²) in [6.45, 7) is 0.415. The van der Waals surface area contributed by atoms with E-state index in [4.69, 9.17) is 0 Å². The Morgan fingerprint density at radius 3 is 2.49 bits per heavy atom. The molecule has 2 heterocycles. The van der Waals surface area contributed by atoms with E-state index in [1.54, 1.807) is 31.3 Å². The maximum atomic E-state index is 13.7. The highest BCUT2D eigenvalue weighted by molar-refractivity contribution is 6.01. The highest BCUT2D eigenvalue weighted by Crippen LogP contribution is 2.38. The zero-order chi connectivity index (χ0) is 31.6. The number of carbonyl (C=O) groups excluding carboxylic acids is 4. The fourth-order valence-electron chi connectivity index (χ4n) is 7.32. The van der Waals surface area contributed by atoms with Crippen molar-refractivity contribution in [3.05, 3.63) is 83.2 Å². The Morgan fingerprint density at radius 2 is 1.78 bits per heavy atom. The van der Waals surface area contributed by atoms with E-state index in [9.17, 15) is 19.2 Å². The molecule has 11 heteroatoms. The number of anilines is 1. The van der Waals surface area contributed by atoms with Gasteiger partial charge in [-0.1, -0.05) is 55.7 Å². The van der Waals surface area contributed by atoms with Crippen LogP contribution >= 0.6 is 0 Å². The van der Waals surface area contributed by atoms with Crippen LogP contribution in [0.2, 0.25) is 0 Å². The fourth-order valence-corrected chi connectivity index (χ4v) is 7.32. The molecule has 0 radical (unpaired) electrons. The van der Waals surface area contributed by atoms with Gasteiger partial charge in [0.25, 0.3) is 5.91 Å². The molecule has 5 amide bonds. The maximum absolute atomic E-state index is 13.7. The number of likely N-dealkylation sites (N-methyl/N-ethyl adjacent to an activating group) is 1. The molecule has 3 aliphatic rings. The second-order valence-corrected chi connectivity index (χ2v) is 12.6. The molecule has 3 atom stereocenters. The molecule has 1 saturated heterocycles. The highest BCUT2D eigenvalue weighted by Gasteiger charge is 2.53. The van der Waals surface area contributed by atoms with Gasteiger partial charge in [-0.05, 0) is 60.1 Å². The maximum Gasteiger partial charge on any atom is 0.318 e. The molecule has 0 spiro atoms. The number of urea groups is 1. The lowest BCUT2D eigenvalue weighted by Crippen LogP contribution is -2.60. The molecular weight excluding hydrogens is 570 g/mol. The molecule has 1 aromatic heterocycles. The molecule has 0 bridgehead atoms. The molecule has 45 heavy (non-hydrogen) atoms. The molecular formula is C34H41N7O4. The van der Waals surface area contributed by atoms with Crippen LogP contribution in [0.4, 0.5) is 10.5 Å². The van der Waals surface area contributed by atoms with Crippen molar-refractivity contribution in [3.63, 3.8) is 0 Å². The topological polar surface area (TPSA) is 137 Å². The first kappa shape index (κ1) is 30.4. The van der Waals surface area contributed by atoms with Crippen molar-refractivity contribution in [2.75, 3.05) is 18.9 Å². The van der Waals surface area contributed by atoms with Crippen LogP contribution < -0.4 is 21.3 Å². The fraction of sp³-hybridized carbons (Fsp3) is 0.441. The van der Waals surface area contributed by atoms with Crippen molar-refractivity contribution in [2.24, 2.45) is 13.0 Å². The van der Waals surface area contributed by atoms with Crippen molar-refractivity contribution in [1.29, 1.82) is 0 Å². The first-order chi connectivity index (χ1) is 21.8. The first-order valence-corrected chi connectivity index (χ1v) is 15.8. The van der Waals surface area contributed by atoms with Gasteiger partial charge in [0.1, 0.15) is 17.3 Å². The Morgan fingerprint density at radius 1 is 1.02 bits per heavy atom. The van der Waals surface area contributed by atoms with E-state index in [1.165, 1.54) is 4.68 Å². The lowest BCUT2D eigenvalue weighted by molar-refractivity contribution is -0.130. The largest absolute Gasteiger partial charge is 0.357 e. The molecule has 4 N–H and O–H groups in total. The minimum atomic E-state index is -1.07. The smallest absolute Gasteiger partial charge is 0.318 e. The van der Waals surface area contributed by atoms with Crippen LogP contribution in [0.1, 0.15) is 59.3 Å². The number of hydrogen-bond acceptors (Lipinski definition) is 5. The standard InChI is InChI=1S/C34H41N7O4/c1-35-32(44)34(41-21-27(38-33(41)45)17-22-9-5-3-6-10-22)19-24-13-14-26(18-25(24)20-34)37-31(43)29(23-11-7-4-8-12-23)39-30(42)28-15-16-36-40(28)2/h3,5-6,9-10,13-16,18,23,27,29H,4,7-8,11-12,17,19-21H2,1-2H3,(H,35,44)(H,37,43)(H,38,45)(H,39,42)/t27-,29+,34?/m1/s1. The second-order valence-electron chi connectivity index (χ2n) is 12.6. The zero-order valence-electron chi connectivity index (χ0n) is 25.8. The van der Waals surface area contributed by atoms with Gasteiger partial charge in [-0.15, -0.1) is 0 Å². The molecule has 1 aliphatic heterocycles. The number of carbonyl (C=O) groups is 4. The van der Waals surface area contributed by atoms with E-state index >= 15 is 0 Å². The van der Waals surface area contributed by atoms with Crippen LogP contribution in [0.5, 0.6) is 0 Å². The van der Waals surface area contributed by atoms with Gasteiger partial charge in [-0.3, -0.25) is 19.1 Å². The van der Waals surface area contributed by atoms with Crippen molar-refractivity contribution < 1.29 is 19.2 Å². The van der Waals surface area contributed by atoms with E-state index in [1.807, 2.05) is 48.5 Å². The van der Waals surface area contributed by atoms with Crippen molar-refractivity contribution >= 4 is 29.4 Å². The van der Waals surface area contributed by atoms with E-state index < -0.39 is 11.6 Å². The number of hydrogen-bond donors (Lipinski definition) is 4. The lowest BCUT2D eigenvalue weighted by atomic mass is 9.83. The third-order valence-electron chi connectivity index (χ3n) is 9.65. The van der Waals surface area contributed by atoms with Gasteiger partial charge >= 0.3 is 6.03 Å². The van der Waals surface area contributed by atoms with Gasteiger partial charge in [-0.2, -0.15) is 5.10 Å². The lowest BCUT2D eigenvalue weighted by Gasteiger charge is -2.36. The predicted octanol–water partition coefficient (Wildman–Crippen LogP) is 2.96. The molecule has 2 aliphatic carbocycles. The Kier molecular flexibility index (Phi) is 8.60. The summed E-state index contributed by atoms with van der Waals surface area (Å²) >= 11 is 0. The monoisotopic (exact) mass is 611 g/mol. The third-order valence-corrected chi connectivity index (χ3v) is 9.65. The van der Waals surface area contributed by atoms with Gasteiger partial charge in [-0.25, -0.2) is 4.79 Å². The van der Waals surface area contributed by atoms with Crippen molar-refractivity contribution in [2.45, 2.75) is 69.0 Å². The van der Waals surface area contributed by atoms with Gasteiger partial charge in [0.15, 0.2) is 0 Å². The summed E-state index contributed by atoms with van der Waals surface area (Å²) in [5.74, 6) is -0.783. The summed E-state index contributed by atoms with van der Waals surface area (Å²) in [6, 6.07) is 16.2. The number of aromatic nitrogens is 2. The third kappa shape index (κ3) is 6.16. The van der Waals surface area contributed by atoms with Crippen LogP contribution in [0.3, 0.4) is 0 Å². The Balaban J connectivity index is 1.19. The molecule has 1 unspecified atom stereocenters. The summed E-state index contributed by atoms with van der Waals surface area (Å²) in [4.78, 5) is 55.4. The minimum Gasteiger partial charge on any atom is -0.357 e. The predicted molar refractivity (Wildman–Crippen MR) is 169 cm³/mol. The normalized spacial score (nSPS) is 22.0. The Hall–Kier alpha value is -4.67. The minimum absolute atomic E-state index is 0.0313. The molecule has 2 fully saturated rings. The average Bonchev–Trinajstić information content (AvgIpc) is 3.76. The molecule has 2 aromatic carbocycles. The number of fused-ring (bicyclic) bond motifs is 1. The Labute approximate surface area is 263 Å². The Bertz CT molecular complexity index is 1580. The second kappa shape index (κ2) is 12.7. The van der Waals surface area contributed by atoms with Gasteiger partial charge in [0.2, 0.25) is 11.8 Å². The van der Waals surface area contributed by atoms with E-state index in [-0.39, 0.29) is 35.7 Å². The number of rotatable bonds is 9. The molecule has 6 rings (SSSR count). The summed E-state index contributed by atoms with van der Waals surface area (Å²) < 4.78 is 1.49. The molecule has 236 valence electrons. The number of aryl methyl sites for hydroxylation is 1. The SMILES string of the molecule is CNC(=O)C1(N2C[C@@H](Cc3ccccc3)NC2=O)Cc2ccc(NC(=O)[C@@H](NC(=O)c3ccnn3C)C3CCCCC3)cc2C1. The number of benzene rings is 2. The van der Waals surface area contributed by atoms with Crippen LogP contribution in [0.15, 0.2) is 60.8 Å². The quantitative estimate of drug-likeness (QED) is 0.295. The van der Waals surface area contributed by atoms with Crippen LogP contribution in [0, 0.1) is 5.92 Å². The van der Waals surface area contributed by atoms with Gasteiger partial charge < -0.3 is 26.2 Å². The molecule has 3 aromatic rings. The van der Waals surface area contributed by atoms with E-state index in [0.29, 0.717) is 37.2 Å². The van der Waals surface area contributed by atoms with Crippen molar-refractivity contribution in [1.82, 2.24) is 30.6 Å². The zero-order valence-corrected chi connectivity index (χ0v) is 25.8. The first-order valence-electron chi connectivity index (χ1n) is 15.8. The molecule has 11 nitrogen and oxygen atoms in total. The summed E-state index contributed by atoms with van der Waals surface area (Å²) in [5, 5.41) is 16.0. The van der Waals surface area contributed by atoms with Crippen LogP contribution in [0.25, 0.3) is 0 Å². The van der Waals surface area contributed by atoms with E-state index in [0.717, 1.165) is 48.8 Å². The van der Waals surface area contributed by atoms with Gasteiger partial charge in [0.05, 0.1) is 6.04 Å². The molecule has 1 saturated carbocycles. The summed E-state index contributed by atoms with van der Waals surface area (Å²) in [6.07, 6.45) is 7.85. The highest BCUT2D eigenvalue weighted by atomic mass is 16.2. The summed E-state index contributed by atoms with van der Waals surface area (Å²) in [5.41, 5.74) is 2.90. The number of amides is 5. The summed E-state index contributed by atoms with van der Waals surface area (Å²) in [7, 11) is 3.29. The van der Waals surface area contributed by atoms with Crippen LogP contribution in [-0.4, -0.2) is 69.6 Å². The van der Waals surface area contributed by atoms with Crippen molar-refractivity contribution in [3.8, 4) is 0 Å². The van der Waals surface area contributed by atoms with E-state index in [2.05, 4.69) is 26.4 Å². The average molecular weight is 612 g/mol.